The van der Waals surface area contributed by atoms with E-state index in [1.165, 1.54) is 6.07 Å². The third kappa shape index (κ3) is 5.75. The number of benzene rings is 1. The Hall–Kier alpha value is -1.56. The van der Waals surface area contributed by atoms with Crippen LogP contribution >= 0.6 is 0 Å². The first-order valence-corrected chi connectivity index (χ1v) is 7.03. The maximum Gasteiger partial charge on any atom is 0.416 e. The Labute approximate surface area is 123 Å². The lowest BCUT2D eigenvalue weighted by Gasteiger charge is -2.18. The summed E-state index contributed by atoms with van der Waals surface area (Å²) in [5.74, 6) is 0.0524. The van der Waals surface area contributed by atoms with Crippen molar-refractivity contribution in [2.24, 2.45) is 0 Å². The van der Waals surface area contributed by atoms with E-state index in [0.29, 0.717) is 38.2 Å². The Balaban J connectivity index is 2.41. The van der Waals surface area contributed by atoms with E-state index in [9.17, 15) is 18.0 Å². The van der Waals surface area contributed by atoms with Gasteiger partial charge in [-0.1, -0.05) is 18.2 Å². The van der Waals surface area contributed by atoms with E-state index in [1.54, 1.807) is 11.0 Å². The summed E-state index contributed by atoms with van der Waals surface area (Å²) in [6, 6.07) is 5.20. The zero-order valence-electron chi connectivity index (χ0n) is 12.3. The quantitative estimate of drug-likeness (QED) is 0.785. The molecule has 6 heteroatoms. The summed E-state index contributed by atoms with van der Waals surface area (Å²) < 4.78 is 37.7. The third-order valence-corrected chi connectivity index (χ3v) is 3.22. The van der Waals surface area contributed by atoms with Crippen molar-refractivity contribution in [3.05, 3.63) is 35.4 Å². The van der Waals surface area contributed by atoms with Crippen LogP contribution in [0, 0.1) is 0 Å². The topological polar surface area (TPSA) is 32.3 Å². The number of rotatable bonds is 7. The number of amides is 1. The smallest absolute Gasteiger partial charge is 0.343 e. The fraction of sp³-hybridized carbons (Fsp3) is 0.533. The van der Waals surface area contributed by atoms with Gasteiger partial charge >= 0.3 is 6.18 Å². The van der Waals surface area contributed by atoms with Crippen LogP contribution in [0.5, 0.6) is 0 Å². The van der Waals surface area contributed by atoms with Gasteiger partial charge in [-0.2, -0.15) is 13.2 Å². The van der Waals surface area contributed by atoms with Gasteiger partial charge in [0.1, 0.15) is 0 Å². The first-order chi connectivity index (χ1) is 9.88. The lowest BCUT2D eigenvalue weighted by molar-refractivity contribution is -0.137. The highest BCUT2D eigenvalue weighted by Crippen LogP contribution is 2.29. The average molecular weight is 302 g/mol. The number of hydrogen-bond donors (Lipinski definition) is 1. The molecule has 1 N–H and O–H groups in total. The molecule has 118 valence electrons. The number of alkyl halides is 3. The summed E-state index contributed by atoms with van der Waals surface area (Å²) in [5, 5.41) is 3.00. The summed E-state index contributed by atoms with van der Waals surface area (Å²) in [5.41, 5.74) is -0.0962. The first-order valence-electron chi connectivity index (χ1n) is 7.03. The van der Waals surface area contributed by atoms with Gasteiger partial charge in [-0.3, -0.25) is 4.79 Å². The molecule has 0 saturated heterocycles. The van der Waals surface area contributed by atoms with Gasteiger partial charge in [0.15, 0.2) is 0 Å². The molecule has 0 bridgehead atoms. The largest absolute Gasteiger partial charge is 0.416 e. The van der Waals surface area contributed by atoms with Crippen molar-refractivity contribution in [3.63, 3.8) is 0 Å². The van der Waals surface area contributed by atoms with Gasteiger partial charge in [0, 0.05) is 32.6 Å². The van der Waals surface area contributed by atoms with Crippen molar-refractivity contribution in [2.45, 2.75) is 33.0 Å². The molecule has 3 nitrogen and oxygen atoms in total. The molecular weight excluding hydrogens is 281 g/mol. The molecule has 0 heterocycles. The predicted molar refractivity (Wildman–Crippen MR) is 75.7 cm³/mol. The molecule has 0 radical (unpaired) electrons. The number of nitrogens with one attached hydrogen (secondary N) is 1. The van der Waals surface area contributed by atoms with E-state index in [4.69, 9.17) is 0 Å². The molecule has 0 unspecified atom stereocenters. The van der Waals surface area contributed by atoms with Gasteiger partial charge < -0.3 is 10.2 Å². The predicted octanol–water partition coefficient (Wildman–Crippen LogP) is 3.05. The van der Waals surface area contributed by atoms with Crippen molar-refractivity contribution < 1.29 is 18.0 Å². The summed E-state index contributed by atoms with van der Waals surface area (Å²) in [6.45, 7) is 5.93. The minimum atomic E-state index is -4.32. The summed E-state index contributed by atoms with van der Waals surface area (Å²) in [7, 11) is 0. The molecule has 21 heavy (non-hydrogen) atoms. The van der Waals surface area contributed by atoms with Crippen LogP contribution in [-0.4, -0.2) is 30.4 Å². The van der Waals surface area contributed by atoms with E-state index < -0.39 is 11.7 Å². The van der Waals surface area contributed by atoms with Crippen molar-refractivity contribution in [3.8, 4) is 0 Å². The third-order valence-electron chi connectivity index (χ3n) is 3.22. The molecule has 1 rings (SSSR count). The van der Waals surface area contributed by atoms with Crippen LogP contribution in [-0.2, 0) is 17.5 Å². The molecule has 0 aliphatic carbocycles. The van der Waals surface area contributed by atoms with E-state index >= 15 is 0 Å². The highest BCUT2D eigenvalue weighted by atomic mass is 19.4. The molecule has 1 aromatic rings. The van der Waals surface area contributed by atoms with Crippen LogP contribution in [0.25, 0.3) is 0 Å². The van der Waals surface area contributed by atoms with Crippen molar-refractivity contribution >= 4 is 5.91 Å². The molecular formula is C15H21F3N2O. The van der Waals surface area contributed by atoms with Crippen LogP contribution in [0.15, 0.2) is 24.3 Å². The minimum Gasteiger partial charge on any atom is -0.343 e. The SMILES string of the molecule is CCN(CC)C(=O)CCNCc1cccc(C(F)(F)F)c1. The normalized spacial score (nSPS) is 11.5. The van der Waals surface area contributed by atoms with Crippen LogP contribution in [0.1, 0.15) is 31.4 Å². The molecule has 0 aliphatic heterocycles. The summed E-state index contributed by atoms with van der Waals surface area (Å²) in [6.07, 6.45) is -3.98. The molecule has 0 aromatic heterocycles. The van der Waals surface area contributed by atoms with Crippen molar-refractivity contribution in [1.82, 2.24) is 10.2 Å². The second-order valence-corrected chi connectivity index (χ2v) is 4.69. The Kier molecular flexibility index (Phi) is 6.68. The van der Waals surface area contributed by atoms with Crippen molar-refractivity contribution in [1.29, 1.82) is 0 Å². The van der Waals surface area contributed by atoms with Gasteiger partial charge in [-0.25, -0.2) is 0 Å². The van der Waals surface area contributed by atoms with Gasteiger partial charge in [-0.15, -0.1) is 0 Å². The van der Waals surface area contributed by atoms with Crippen LogP contribution < -0.4 is 5.32 Å². The lowest BCUT2D eigenvalue weighted by atomic mass is 10.1. The molecule has 0 atom stereocenters. The second kappa shape index (κ2) is 8.02. The first kappa shape index (κ1) is 17.5. The standard InChI is InChI=1S/C15H21F3N2O/c1-3-20(4-2)14(21)8-9-19-11-12-6-5-7-13(10-12)15(16,17)18/h5-7,10,19H,3-4,8-9,11H2,1-2H3. The fourth-order valence-corrected chi connectivity index (χ4v) is 2.02. The highest BCUT2D eigenvalue weighted by Gasteiger charge is 2.30. The lowest BCUT2D eigenvalue weighted by Crippen LogP contribution is -2.32. The monoisotopic (exact) mass is 302 g/mol. The van der Waals surface area contributed by atoms with Crippen LogP contribution in [0.3, 0.4) is 0 Å². The van der Waals surface area contributed by atoms with Gasteiger partial charge in [-0.05, 0) is 25.5 Å². The van der Waals surface area contributed by atoms with Gasteiger partial charge in [0.2, 0.25) is 5.91 Å². The number of carbonyl (C=O) groups excluding carboxylic acids is 1. The van der Waals surface area contributed by atoms with E-state index in [2.05, 4.69) is 5.32 Å². The number of halogens is 3. The molecule has 0 spiro atoms. The Morgan fingerprint density at radius 1 is 1.24 bits per heavy atom. The molecule has 0 saturated carbocycles. The number of hydrogen-bond acceptors (Lipinski definition) is 2. The average Bonchev–Trinajstić information content (AvgIpc) is 2.44. The Bertz CT molecular complexity index is 456. The maximum absolute atomic E-state index is 12.6. The molecule has 0 fully saturated rings. The second-order valence-electron chi connectivity index (χ2n) is 4.69. The molecule has 0 aliphatic rings. The Morgan fingerprint density at radius 3 is 2.48 bits per heavy atom. The van der Waals surface area contributed by atoms with Crippen LogP contribution in [0.4, 0.5) is 13.2 Å². The van der Waals surface area contributed by atoms with Crippen molar-refractivity contribution in [2.75, 3.05) is 19.6 Å². The summed E-state index contributed by atoms with van der Waals surface area (Å²) >= 11 is 0. The number of carbonyl (C=O) groups is 1. The Morgan fingerprint density at radius 2 is 1.90 bits per heavy atom. The zero-order valence-corrected chi connectivity index (χ0v) is 12.3. The number of nitrogens with zero attached hydrogens (tertiary/aromatic N) is 1. The van der Waals surface area contributed by atoms with Gasteiger partial charge in [0.05, 0.1) is 5.56 Å². The van der Waals surface area contributed by atoms with Gasteiger partial charge in [0.25, 0.3) is 0 Å². The zero-order chi connectivity index (χ0) is 15.9. The van der Waals surface area contributed by atoms with E-state index in [0.717, 1.165) is 12.1 Å². The molecule has 1 amide bonds. The molecule has 1 aromatic carbocycles. The van der Waals surface area contributed by atoms with E-state index in [-0.39, 0.29) is 5.91 Å². The minimum absolute atomic E-state index is 0.0524. The van der Waals surface area contributed by atoms with Crippen LogP contribution in [0.2, 0.25) is 0 Å². The van der Waals surface area contributed by atoms with E-state index in [1.807, 2.05) is 13.8 Å². The highest BCUT2D eigenvalue weighted by molar-refractivity contribution is 5.76. The maximum atomic E-state index is 12.6. The fourth-order valence-electron chi connectivity index (χ4n) is 2.02. The summed E-state index contributed by atoms with van der Waals surface area (Å²) in [4.78, 5) is 13.5.